The quantitative estimate of drug-likeness (QED) is 0.642. The summed E-state index contributed by atoms with van der Waals surface area (Å²) in [6, 6.07) is 0. The van der Waals surface area contributed by atoms with E-state index in [1.165, 1.54) is 19.5 Å². The summed E-state index contributed by atoms with van der Waals surface area (Å²) in [7, 11) is 3.00. The summed E-state index contributed by atoms with van der Waals surface area (Å²) in [5.74, 6) is 0.0532. The number of carbonyl (C=O) groups is 1. The van der Waals surface area contributed by atoms with Crippen molar-refractivity contribution in [2.75, 3.05) is 19.5 Å². The fourth-order valence-corrected chi connectivity index (χ4v) is 0.689. The zero-order chi connectivity index (χ0) is 8.97. The average Bonchev–Trinajstić information content (AvgIpc) is 2.17. The Morgan fingerprint density at radius 1 is 1.58 bits per heavy atom. The molecule has 5 heteroatoms. The molecule has 0 fully saturated rings. The van der Waals surface area contributed by atoms with Gasteiger partial charge in [0, 0.05) is 7.05 Å². The Balaban J connectivity index is 2.93. The van der Waals surface area contributed by atoms with Crippen LogP contribution in [0.3, 0.4) is 0 Å². The van der Waals surface area contributed by atoms with Crippen molar-refractivity contribution in [1.29, 1.82) is 0 Å². The van der Waals surface area contributed by atoms with Crippen LogP contribution >= 0.6 is 0 Å². The summed E-state index contributed by atoms with van der Waals surface area (Å²) in [6.45, 7) is 0. The first kappa shape index (κ1) is 8.45. The van der Waals surface area contributed by atoms with Crippen molar-refractivity contribution >= 4 is 11.8 Å². The van der Waals surface area contributed by atoms with E-state index in [1.807, 2.05) is 0 Å². The van der Waals surface area contributed by atoms with Crippen LogP contribution in [0.1, 0.15) is 10.5 Å². The van der Waals surface area contributed by atoms with E-state index >= 15 is 0 Å². The minimum absolute atomic E-state index is 0.198. The Morgan fingerprint density at radius 2 is 2.33 bits per heavy atom. The van der Waals surface area contributed by atoms with Crippen molar-refractivity contribution in [2.24, 2.45) is 0 Å². The predicted molar refractivity (Wildman–Crippen MR) is 42.9 cm³/mol. The number of carbonyl (C=O) groups excluding carboxylic acids is 1. The predicted octanol–water partition coefficient (Wildman–Crippen LogP) is 0.305. The second-order valence-electron chi connectivity index (χ2n) is 2.03. The van der Waals surface area contributed by atoms with Crippen LogP contribution in [0.2, 0.25) is 0 Å². The summed E-state index contributed by atoms with van der Waals surface area (Å²) < 4.78 is 4.47. The van der Waals surface area contributed by atoms with Crippen LogP contribution in [0.25, 0.3) is 0 Å². The zero-order valence-corrected chi connectivity index (χ0v) is 6.87. The summed E-state index contributed by atoms with van der Waals surface area (Å²) in [6.07, 6.45) is 2.87. The van der Waals surface area contributed by atoms with E-state index in [1.54, 1.807) is 7.05 Å². The lowest BCUT2D eigenvalue weighted by Crippen LogP contribution is -2.06. The minimum atomic E-state index is -0.486. The molecular weight excluding hydrogens is 158 g/mol. The highest BCUT2D eigenvalue weighted by Gasteiger charge is 2.06. The van der Waals surface area contributed by atoms with Crippen molar-refractivity contribution in [2.45, 2.75) is 0 Å². The lowest BCUT2D eigenvalue weighted by atomic mass is 10.4. The normalized spacial score (nSPS) is 9.17. The van der Waals surface area contributed by atoms with Crippen LogP contribution in [-0.2, 0) is 4.74 Å². The molecule has 0 bridgehead atoms. The summed E-state index contributed by atoms with van der Waals surface area (Å²) in [5.41, 5.74) is 0.198. The number of anilines is 1. The maximum atomic E-state index is 10.9. The first-order chi connectivity index (χ1) is 5.77. The Morgan fingerprint density at radius 3 is 2.92 bits per heavy atom. The molecule has 1 heterocycles. The van der Waals surface area contributed by atoms with E-state index in [2.05, 4.69) is 20.0 Å². The van der Waals surface area contributed by atoms with Gasteiger partial charge in [0.2, 0.25) is 0 Å². The largest absolute Gasteiger partial charge is 0.464 e. The molecule has 0 saturated carbocycles. The van der Waals surface area contributed by atoms with Gasteiger partial charge in [0.15, 0.2) is 5.69 Å². The highest BCUT2D eigenvalue weighted by molar-refractivity contribution is 5.87. The molecular formula is C7H9N3O2. The Hall–Kier alpha value is -1.65. The van der Waals surface area contributed by atoms with Crippen molar-refractivity contribution in [3.05, 3.63) is 18.1 Å². The second kappa shape index (κ2) is 3.66. The summed E-state index contributed by atoms with van der Waals surface area (Å²) >= 11 is 0. The molecule has 1 aromatic rings. The number of nitrogens with zero attached hydrogens (tertiary/aromatic N) is 2. The number of rotatable bonds is 2. The van der Waals surface area contributed by atoms with Crippen molar-refractivity contribution in [3.8, 4) is 0 Å². The molecule has 0 aliphatic rings. The van der Waals surface area contributed by atoms with Crippen LogP contribution in [0.15, 0.2) is 12.4 Å². The van der Waals surface area contributed by atoms with Gasteiger partial charge in [0.05, 0.1) is 19.5 Å². The van der Waals surface area contributed by atoms with Gasteiger partial charge in [-0.3, -0.25) is 4.98 Å². The molecule has 0 aromatic carbocycles. The fourth-order valence-electron chi connectivity index (χ4n) is 0.689. The van der Waals surface area contributed by atoms with E-state index in [-0.39, 0.29) is 5.69 Å². The first-order valence-electron chi connectivity index (χ1n) is 3.36. The van der Waals surface area contributed by atoms with Crippen molar-refractivity contribution < 1.29 is 9.53 Å². The molecule has 0 aliphatic heterocycles. The minimum Gasteiger partial charge on any atom is -0.464 e. The molecule has 1 rings (SSSR count). The highest BCUT2D eigenvalue weighted by Crippen LogP contribution is 2.01. The molecule has 0 spiro atoms. The SMILES string of the molecule is CNc1cncc(C(=O)OC)n1. The molecule has 1 N–H and O–H groups in total. The molecule has 0 saturated heterocycles. The monoisotopic (exact) mass is 167 g/mol. The van der Waals surface area contributed by atoms with Gasteiger partial charge < -0.3 is 10.1 Å². The summed E-state index contributed by atoms with van der Waals surface area (Å²) in [5, 5.41) is 2.76. The highest BCUT2D eigenvalue weighted by atomic mass is 16.5. The molecule has 64 valence electrons. The van der Waals surface area contributed by atoms with Gasteiger partial charge >= 0.3 is 5.97 Å². The van der Waals surface area contributed by atoms with E-state index in [9.17, 15) is 4.79 Å². The smallest absolute Gasteiger partial charge is 0.358 e. The average molecular weight is 167 g/mol. The number of hydrogen-bond acceptors (Lipinski definition) is 5. The Bertz CT molecular complexity index is 288. The van der Waals surface area contributed by atoms with Crippen LogP contribution in [0, 0.1) is 0 Å². The zero-order valence-electron chi connectivity index (χ0n) is 6.87. The van der Waals surface area contributed by atoms with Crippen LogP contribution in [0.4, 0.5) is 5.82 Å². The summed E-state index contributed by atoms with van der Waals surface area (Å²) in [4.78, 5) is 18.6. The van der Waals surface area contributed by atoms with Gasteiger partial charge in [-0.25, -0.2) is 9.78 Å². The van der Waals surface area contributed by atoms with Crippen LogP contribution in [0.5, 0.6) is 0 Å². The Labute approximate surface area is 69.8 Å². The molecule has 12 heavy (non-hydrogen) atoms. The number of methoxy groups -OCH3 is 1. The maximum absolute atomic E-state index is 10.9. The lowest BCUT2D eigenvalue weighted by Gasteiger charge is -2.00. The lowest BCUT2D eigenvalue weighted by molar-refractivity contribution is 0.0593. The van der Waals surface area contributed by atoms with Gasteiger partial charge in [0.1, 0.15) is 5.82 Å². The molecule has 0 unspecified atom stereocenters. The second-order valence-corrected chi connectivity index (χ2v) is 2.03. The number of aromatic nitrogens is 2. The van der Waals surface area contributed by atoms with Crippen LogP contribution in [-0.4, -0.2) is 30.1 Å². The van der Waals surface area contributed by atoms with E-state index < -0.39 is 5.97 Å². The topological polar surface area (TPSA) is 64.1 Å². The van der Waals surface area contributed by atoms with Crippen molar-refractivity contribution in [3.63, 3.8) is 0 Å². The molecule has 5 nitrogen and oxygen atoms in total. The number of ether oxygens (including phenoxy) is 1. The van der Waals surface area contributed by atoms with Gasteiger partial charge in [-0.2, -0.15) is 0 Å². The molecule has 1 aromatic heterocycles. The number of esters is 1. The fraction of sp³-hybridized carbons (Fsp3) is 0.286. The third-order valence-electron chi connectivity index (χ3n) is 1.29. The third-order valence-corrected chi connectivity index (χ3v) is 1.29. The molecule has 0 aliphatic carbocycles. The van der Waals surface area contributed by atoms with E-state index in [4.69, 9.17) is 0 Å². The third kappa shape index (κ3) is 1.69. The number of hydrogen-bond donors (Lipinski definition) is 1. The van der Waals surface area contributed by atoms with E-state index in [0.29, 0.717) is 5.82 Å². The maximum Gasteiger partial charge on any atom is 0.358 e. The first-order valence-corrected chi connectivity index (χ1v) is 3.36. The van der Waals surface area contributed by atoms with Gasteiger partial charge in [-0.1, -0.05) is 0 Å². The standard InChI is InChI=1S/C7H9N3O2/c1-8-6-4-9-3-5(10-6)7(11)12-2/h3-4H,1-2H3,(H,8,10). The van der Waals surface area contributed by atoms with Crippen molar-refractivity contribution in [1.82, 2.24) is 9.97 Å². The van der Waals surface area contributed by atoms with E-state index in [0.717, 1.165) is 0 Å². The van der Waals surface area contributed by atoms with Gasteiger partial charge in [-0.15, -0.1) is 0 Å². The Kier molecular flexibility index (Phi) is 2.57. The molecule has 0 radical (unpaired) electrons. The number of nitrogens with one attached hydrogen (secondary N) is 1. The molecule has 0 atom stereocenters. The van der Waals surface area contributed by atoms with Gasteiger partial charge in [0.25, 0.3) is 0 Å². The molecule has 0 amide bonds. The van der Waals surface area contributed by atoms with Gasteiger partial charge in [-0.05, 0) is 0 Å². The van der Waals surface area contributed by atoms with Crippen LogP contribution < -0.4 is 5.32 Å².